The van der Waals surface area contributed by atoms with E-state index in [1.54, 1.807) is 13.8 Å². The minimum absolute atomic E-state index is 0.0152. The number of aliphatic carboxylic acids is 5. The molecular weight excluding hydrogens is 977 g/mol. The molecule has 0 aliphatic carbocycles. The van der Waals surface area contributed by atoms with E-state index in [9.17, 15) is 97.8 Å². The number of hydrogen-bond donors (Lipinski definition) is 16. The van der Waals surface area contributed by atoms with E-state index in [1.807, 2.05) is 16.0 Å². The Kier molecular flexibility index (Phi) is 26.6. The largest absolute Gasteiger partial charge is 0.508 e. The number of carboxylic acid groups (broad SMARTS) is 5. The minimum Gasteiger partial charge on any atom is -0.508 e. The number of unbranched alkanes of at least 4 members (excludes halogenated alkanes) is 1. The highest BCUT2D eigenvalue weighted by Crippen LogP contribution is 2.13. The molecule has 0 saturated heterocycles. The van der Waals surface area contributed by atoms with E-state index in [-0.39, 0.29) is 50.3 Å². The summed E-state index contributed by atoms with van der Waals surface area (Å²) in [6.07, 6.45) is -6.25. The van der Waals surface area contributed by atoms with Crippen molar-refractivity contribution in [3.05, 3.63) is 29.8 Å². The van der Waals surface area contributed by atoms with Crippen molar-refractivity contribution in [1.29, 1.82) is 0 Å². The summed E-state index contributed by atoms with van der Waals surface area (Å²) in [6.45, 7) is 4.41. The number of carboxylic acids is 5. The zero-order valence-corrected chi connectivity index (χ0v) is 39.8. The number of amides is 9. The van der Waals surface area contributed by atoms with Crippen LogP contribution in [-0.2, 0) is 73.5 Å². The lowest BCUT2D eigenvalue weighted by molar-refractivity contribution is -0.145. The second-order valence-corrected chi connectivity index (χ2v) is 16.9. The molecule has 30 heteroatoms. The lowest BCUT2D eigenvalue weighted by Crippen LogP contribution is -2.61. The summed E-state index contributed by atoms with van der Waals surface area (Å²) >= 11 is 0. The summed E-state index contributed by atoms with van der Waals surface area (Å²) in [5.74, 6) is -20.1. The Morgan fingerprint density at radius 2 is 0.753 bits per heavy atom. The third kappa shape index (κ3) is 24.8. The topological polar surface area (TPSA) is 509 Å². The van der Waals surface area contributed by atoms with Crippen LogP contribution in [0.15, 0.2) is 24.3 Å². The maximum Gasteiger partial charge on any atom is 0.305 e. The quantitative estimate of drug-likeness (QED) is 0.0287. The second kappa shape index (κ2) is 31.0. The van der Waals surface area contributed by atoms with Crippen LogP contribution < -0.4 is 54.0 Å². The molecule has 0 saturated carbocycles. The smallest absolute Gasteiger partial charge is 0.305 e. The number of phenolic OH excluding ortho intramolecular Hbond substituents is 1. The standard InChI is InChI=1S/C43H62N10O20/c1-19(2)12-24(36(45)66)48-40(70)27(15-32(58)59)51-42(72)29(17-34(62)63)53-43(73)30(18-35(64)65)52-41(71)28(16-33(60)61)50-37(67)23(6-4-5-11-44)47-38(68)25(13-21-7-9-22(55)10-8-21)49-39(69)26(14-31(56)57)46-20(3)54/h7-10,19,23-30,55H,4-6,11-18,44H2,1-3H3,(H2,45,66)(H,46,54)(H,47,68)(H,48,70)(H,49,69)(H,50,67)(H,51,72)(H,52,71)(H,53,73)(H,56,57)(H,58,59)(H,60,61)(H,62,63)(H,64,65)/t23-,24-,25-,26-,27-,28-,29-,30-/m0/s1. The van der Waals surface area contributed by atoms with Gasteiger partial charge in [0.2, 0.25) is 53.2 Å². The average Bonchev–Trinajstić information content (AvgIpc) is 3.26. The second-order valence-electron chi connectivity index (χ2n) is 16.9. The monoisotopic (exact) mass is 1040 g/mol. The lowest BCUT2D eigenvalue weighted by Gasteiger charge is -2.27. The number of aromatic hydroxyl groups is 1. The third-order valence-electron chi connectivity index (χ3n) is 10.1. The van der Waals surface area contributed by atoms with E-state index in [0.29, 0.717) is 5.56 Å². The Morgan fingerprint density at radius 3 is 1.07 bits per heavy atom. The summed E-state index contributed by atoms with van der Waals surface area (Å²) in [5.41, 5.74) is 11.3. The molecule has 9 amide bonds. The molecule has 0 fully saturated rings. The van der Waals surface area contributed by atoms with E-state index in [0.717, 1.165) is 6.92 Å². The van der Waals surface area contributed by atoms with E-state index in [4.69, 9.17) is 11.5 Å². The minimum atomic E-state index is -2.28. The van der Waals surface area contributed by atoms with Gasteiger partial charge in [-0.15, -0.1) is 0 Å². The van der Waals surface area contributed by atoms with Gasteiger partial charge in [-0.2, -0.15) is 0 Å². The van der Waals surface area contributed by atoms with Crippen LogP contribution in [0, 0.1) is 5.92 Å². The molecule has 0 bridgehead atoms. The van der Waals surface area contributed by atoms with Crippen LogP contribution in [0.2, 0.25) is 0 Å². The van der Waals surface area contributed by atoms with Gasteiger partial charge in [-0.25, -0.2) is 0 Å². The maximum atomic E-state index is 13.9. The fourth-order valence-electron chi connectivity index (χ4n) is 6.63. The molecule has 0 unspecified atom stereocenters. The lowest BCUT2D eigenvalue weighted by atomic mass is 10.0. The molecule has 0 radical (unpaired) electrons. The van der Waals surface area contributed by atoms with Crippen molar-refractivity contribution in [2.24, 2.45) is 17.4 Å². The van der Waals surface area contributed by atoms with Crippen LogP contribution >= 0.6 is 0 Å². The van der Waals surface area contributed by atoms with Gasteiger partial charge >= 0.3 is 29.8 Å². The van der Waals surface area contributed by atoms with Crippen LogP contribution in [0.5, 0.6) is 5.75 Å². The van der Waals surface area contributed by atoms with Crippen molar-refractivity contribution in [3.8, 4) is 5.75 Å². The van der Waals surface area contributed by atoms with E-state index in [2.05, 4.69) is 26.6 Å². The summed E-state index contributed by atoms with van der Waals surface area (Å²) in [5, 5.41) is 74.3. The fourth-order valence-corrected chi connectivity index (χ4v) is 6.63. The van der Waals surface area contributed by atoms with Crippen molar-refractivity contribution >= 4 is 83.0 Å². The average molecular weight is 1040 g/mol. The van der Waals surface area contributed by atoms with Gasteiger partial charge in [0.15, 0.2) is 0 Å². The Hall–Kier alpha value is -8.44. The normalized spacial score (nSPS) is 14.1. The highest BCUT2D eigenvalue weighted by atomic mass is 16.4. The number of carbonyl (C=O) groups excluding carboxylic acids is 9. The summed E-state index contributed by atoms with van der Waals surface area (Å²) in [7, 11) is 0. The number of primary amides is 1. The van der Waals surface area contributed by atoms with Crippen molar-refractivity contribution in [1.82, 2.24) is 42.5 Å². The Morgan fingerprint density at radius 1 is 0.452 bits per heavy atom. The van der Waals surface area contributed by atoms with Crippen LogP contribution in [0.1, 0.15) is 84.1 Å². The number of benzene rings is 1. The summed E-state index contributed by atoms with van der Waals surface area (Å²) < 4.78 is 0. The first-order chi connectivity index (χ1) is 34.0. The number of rotatable bonds is 34. The number of nitrogens with two attached hydrogens (primary N) is 2. The molecular formula is C43H62N10O20. The van der Waals surface area contributed by atoms with Crippen molar-refractivity contribution in [3.63, 3.8) is 0 Å². The number of nitrogens with one attached hydrogen (secondary N) is 8. The van der Waals surface area contributed by atoms with Gasteiger partial charge in [-0.1, -0.05) is 26.0 Å². The number of carbonyl (C=O) groups is 14. The SMILES string of the molecule is CC(=O)N[C@@H](CC(=O)O)C(=O)N[C@@H](Cc1ccc(O)cc1)C(=O)N[C@@H](CCCCN)C(=O)N[C@@H](CC(=O)O)C(=O)N[C@@H](CC(=O)O)C(=O)N[C@@H](CC(=O)O)C(=O)N[C@@H](CC(=O)O)C(=O)N[C@@H](CC(C)C)C(N)=O. The Bertz CT molecular complexity index is 2190. The highest BCUT2D eigenvalue weighted by Gasteiger charge is 2.37. The molecule has 0 heterocycles. The first-order valence-electron chi connectivity index (χ1n) is 22.3. The van der Waals surface area contributed by atoms with Crippen molar-refractivity contribution in [2.75, 3.05) is 6.54 Å². The molecule has 1 aromatic rings. The molecule has 0 aliphatic heterocycles. The van der Waals surface area contributed by atoms with Gasteiger partial charge in [0.05, 0.1) is 32.1 Å². The molecule has 30 nitrogen and oxygen atoms in total. The fraction of sp³-hybridized carbons (Fsp3) is 0.535. The van der Waals surface area contributed by atoms with E-state index >= 15 is 0 Å². The predicted molar refractivity (Wildman–Crippen MR) is 246 cm³/mol. The van der Waals surface area contributed by atoms with Gasteiger partial charge < -0.3 is 84.6 Å². The molecule has 0 spiro atoms. The zero-order chi connectivity index (χ0) is 55.7. The van der Waals surface area contributed by atoms with Crippen molar-refractivity contribution < 1.29 is 97.8 Å². The van der Waals surface area contributed by atoms with Crippen LogP contribution in [0.3, 0.4) is 0 Å². The first kappa shape index (κ1) is 62.6. The highest BCUT2D eigenvalue weighted by molar-refractivity contribution is 6.00. The summed E-state index contributed by atoms with van der Waals surface area (Å²) in [6, 6.07) is -9.85. The Balaban J connectivity index is 3.56. The molecule has 404 valence electrons. The number of hydrogen-bond acceptors (Lipinski definition) is 16. The van der Waals surface area contributed by atoms with Gasteiger partial charge in [-0.3, -0.25) is 67.1 Å². The molecule has 73 heavy (non-hydrogen) atoms. The third-order valence-corrected chi connectivity index (χ3v) is 10.1. The molecule has 18 N–H and O–H groups in total. The van der Waals surface area contributed by atoms with E-state index in [1.165, 1.54) is 24.3 Å². The van der Waals surface area contributed by atoms with Gasteiger partial charge in [0.1, 0.15) is 54.1 Å². The molecule has 0 aromatic heterocycles. The van der Waals surface area contributed by atoms with Gasteiger partial charge in [0, 0.05) is 13.3 Å². The Labute approximate surface area is 415 Å². The summed E-state index contributed by atoms with van der Waals surface area (Å²) in [4.78, 5) is 177. The van der Waals surface area contributed by atoms with Crippen LogP contribution in [0.25, 0.3) is 0 Å². The molecule has 1 aromatic carbocycles. The zero-order valence-electron chi connectivity index (χ0n) is 39.8. The van der Waals surface area contributed by atoms with Gasteiger partial charge in [-0.05, 0) is 55.8 Å². The van der Waals surface area contributed by atoms with E-state index < -0.39 is 163 Å². The predicted octanol–water partition coefficient (Wildman–Crippen LogP) is -5.13. The van der Waals surface area contributed by atoms with Crippen molar-refractivity contribution in [2.45, 2.75) is 133 Å². The number of phenols is 1. The van der Waals surface area contributed by atoms with Crippen LogP contribution in [0.4, 0.5) is 0 Å². The van der Waals surface area contributed by atoms with Crippen LogP contribution in [-0.4, -0.2) is 169 Å². The molecule has 1 rings (SSSR count). The molecule has 8 atom stereocenters. The maximum absolute atomic E-state index is 13.9. The van der Waals surface area contributed by atoms with Gasteiger partial charge in [0.25, 0.3) is 0 Å². The first-order valence-corrected chi connectivity index (χ1v) is 22.3. The molecule has 0 aliphatic rings.